The molecule has 1 atom stereocenters. The Hall–Kier alpha value is -0.510. The number of aliphatic hydroxyl groups is 1. The van der Waals surface area contributed by atoms with E-state index < -0.39 is 18.7 Å². The number of alkyl halides is 3. The van der Waals surface area contributed by atoms with Crippen LogP contribution in [0, 0.1) is 0 Å². The van der Waals surface area contributed by atoms with Crippen molar-refractivity contribution in [3.63, 3.8) is 0 Å². The third kappa shape index (κ3) is 5.62. The van der Waals surface area contributed by atoms with Crippen LogP contribution in [-0.2, 0) is 0 Å². The second-order valence-electron chi connectivity index (χ2n) is 2.00. The Morgan fingerprint density at radius 3 is 2.30 bits per heavy atom. The molecule has 0 amide bonds. The summed E-state index contributed by atoms with van der Waals surface area (Å²) >= 11 is 0. The molecule has 0 aliphatic rings. The van der Waals surface area contributed by atoms with Crippen LogP contribution in [0.5, 0.6) is 0 Å². The lowest BCUT2D eigenvalue weighted by Crippen LogP contribution is -2.18. The van der Waals surface area contributed by atoms with E-state index in [0.29, 0.717) is 0 Å². The SMILES string of the molecule is C=CCC(O)CC(F)(F)F. The molecule has 1 N–H and O–H groups in total. The van der Waals surface area contributed by atoms with E-state index >= 15 is 0 Å². The topological polar surface area (TPSA) is 20.2 Å². The molecule has 0 aromatic carbocycles. The summed E-state index contributed by atoms with van der Waals surface area (Å²) < 4.78 is 34.3. The Morgan fingerprint density at radius 2 is 2.00 bits per heavy atom. The Balaban J connectivity index is 3.56. The molecule has 10 heavy (non-hydrogen) atoms. The van der Waals surface area contributed by atoms with E-state index in [2.05, 4.69) is 6.58 Å². The van der Waals surface area contributed by atoms with Crippen LogP contribution in [0.15, 0.2) is 12.7 Å². The fourth-order valence-corrected chi connectivity index (χ4v) is 0.543. The normalized spacial score (nSPS) is 14.8. The molecule has 0 aliphatic carbocycles. The molecule has 0 spiro atoms. The van der Waals surface area contributed by atoms with E-state index in [1.54, 1.807) is 0 Å². The molecule has 1 nitrogen and oxygen atoms in total. The van der Waals surface area contributed by atoms with Gasteiger partial charge in [-0.25, -0.2) is 0 Å². The largest absolute Gasteiger partial charge is 0.392 e. The van der Waals surface area contributed by atoms with E-state index in [9.17, 15) is 13.2 Å². The van der Waals surface area contributed by atoms with Gasteiger partial charge in [-0.05, 0) is 6.42 Å². The third-order valence-electron chi connectivity index (χ3n) is 0.906. The van der Waals surface area contributed by atoms with Gasteiger partial charge in [0.15, 0.2) is 0 Å². The minimum absolute atomic E-state index is 0.0144. The van der Waals surface area contributed by atoms with Crippen molar-refractivity contribution in [1.29, 1.82) is 0 Å². The fourth-order valence-electron chi connectivity index (χ4n) is 0.543. The van der Waals surface area contributed by atoms with Gasteiger partial charge in [0, 0.05) is 0 Å². The summed E-state index contributed by atoms with van der Waals surface area (Å²) in [4.78, 5) is 0. The fraction of sp³-hybridized carbons (Fsp3) is 0.667. The molecule has 0 heterocycles. The molecular formula is C6H9F3O. The van der Waals surface area contributed by atoms with Crippen molar-refractivity contribution in [3.05, 3.63) is 12.7 Å². The first-order valence-electron chi connectivity index (χ1n) is 2.81. The molecule has 0 rings (SSSR count). The standard InChI is InChI=1S/C6H9F3O/c1-2-3-5(10)4-6(7,8)9/h2,5,10H,1,3-4H2. The highest BCUT2D eigenvalue weighted by atomic mass is 19.4. The highest BCUT2D eigenvalue weighted by molar-refractivity contribution is 4.73. The molecule has 0 saturated carbocycles. The molecule has 0 fully saturated rings. The lowest BCUT2D eigenvalue weighted by Gasteiger charge is -2.09. The summed E-state index contributed by atoms with van der Waals surface area (Å²) in [5.74, 6) is 0. The molecule has 0 aromatic rings. The van der Waals surface area contributed by atoms with Crippen molar-refractivity contribution in [1.82, 2.24) is 0 Å². The Morgan fingerprint density at radius 1 is 1.50 bits per heavy atom. The average Bonchev–Trinajstić information content (AvgIpc) is 1.59. The number of aliphatic hydroxyl groups excluding tert-OH is 1. The second-order valence-corrected chi connectivity index (χ2v) is 2.00. The van der Waals surface area contributed by atoms with Crippen LogP contribution in [0.4, 0.5) is 13.2 Å². The summed E-state index contributed by atoms with van der Waals surface area (Å²) in [5.41, 5.74) is 0. The van der Waals surface area contributed by atoms with Crippen molar-refractivity contribution < 1.29 is 18.3 Å². The van der Waals surface area contributed by atoms with Crippen LogP contribution in [0.2, 0.25) is 0 Å². The average molecular weight is 154 g/mol. The van der Waals surface area contributed by atoms with Crippen LogP contribution < -0.4 is 0 Å². The summed E-state index contributed by atoms with van der Waals surface area (Å²) in [5, 5.41) is 8.59. The summed E-state index contributed by atoms with van der Waals surface area (Å²) in [7, 11) is 0. The summed E-state index contributed by atoms with van der Waals surface area (Å²) in [6.45, 7) is 3.20. The van der Waals surface area contributed by atoms with Gasteiger partial charge in [-0.1, -0.05) is 6.08 Å². The zero-order valence-electron chi connectivity index (χ0n) is 5.36. The van der Waals surface area contributed by atoms with Gasteiger partial charge >= 0.3 is 6.18 Å². The molecule has 60 valence electrons. The molecule has 0 aliphatic heterocycles. The maximum Gasteiger partial charge on any atom is 0.391 e. The Labute approximate surface area is 57.2 Å². The molecule has 0 bridgehead atoms. The zero-order valence-corrected chi connectivity index (χ0v) is 5.36. The minimum atomic E-state index is -4.28. The lowest BCUT2D eigenvalue weighted by atomic mass is 10.2. The maximum absolute atomic E-state index is 11.4. The number of rotatable bonds is 3. The van der Waals surface area contributed by atoms with Gasteiger partial charge in [0.25, 0.3) is 0 Å². The molecule has 0 saturated heterocycles. The lowest BCUT2D eigenvalue weighted by molar-refractivity contribution is -0.152. The van der Waals surface area contributed by atoms with Gasteiger partial charge in [0.05, 0.1) is 12.5 Å². The van der Waals surface area contributed by atoms with E-state index in [1.807, 2.05) is 0 Å². The highest BCUT2D eigenvalue weighted by Gasteiger charge is 2.30. The van der Waals surface area contributed by atoms with Crippen LogP contribution in [0.25, 0.3) is 0 Å². The quantitative estimate of drug-likeness (QED) is 0.615. The van der Waals surface area contributed by atoms with Gasteiger partial charge in [-0.2, -0.15) is 13.2 Å². The first kappa shape index (κ1) is 9.49. The van der Waals surface area contributed by atoms with Crippen molar-refractivity contribution in [3.8, 4) is 0 Å². The smallest absolute Gasteiger partial charge is 0.391 e. The summed E-state index contributed by atoms with van der Waals surface area (Å²) in [6, 6.07) is 0. The van der Waals surface area contributed by atoms with E-state index in [0.717, 1.165) is 0 Å². The van der Waals surface area contributed by atoms with Crippen LogP contribution >= 0.6 is 0 Å². The predicted octanol–water partition coefficient (Wildman–Crippen LogP) is 1.88. The van der Waals surface area contributed by atoms with E-state index in [4.69, 9.17) is 5.11 Å². The number of halogens is 3. The molecule has 4 heteroatoms. The van der Waals surface area contributed by atoms with Gasteiger partial charge in [0.1, 0.15) is 0 Å². The first-order chi connectivity index (χ1) is 4.45. The van der Waals surface area contributed by atoms with E-state index in [1.165, 1.54) is 6.08 Å². The predicted molar refractivity (Wildman–Crippen MR) is 31.5 cm³/mol. The minimum Gasteiger partial charge on any atom is -0.392 e. The van der Waals surface area contributed by atoms with Crippen molar-refractivity contribution >= 4 is 0 Å². The van der Waals surface area contributed by atoms with Gasteiger partial charge in [-0.3, -0.25) is 0 Å². The Bertz CT molecular complexity index is 108. The van der Waals surface area contributed by atoms with Crippen LogP contribution in [0.3, 0.4) is 0 Å². The van der Waals surface area contributed by atoms with Gasteiger partial charge in [-0.15, -0.1) is 6.58 Å². The monoisotopic (exact) mass is 154 g/mol. The molecular weight excluding hydrogens is 145 g/mol. The van der Waals surface area contributed by atoms with Crippen molar-refractivity contribution in [2.24, 2.45) is 0 Å². The van der Waals surface area contributed by atoms with E-state index in [-0.39, 0.29) is 6.42 Å². The number of hydrogen-bond acceptors (Lipinski definition) is 1. The third-order valence-corrected chi connectivity index (χ3v) is 0.906. The van der Waals surface area contributed by atoms with Crippen molar-refractivity contribution in [2.75, 3.05) is 0 Å². The zero-order chi connectivity index (χ0) is 8.20. The highest BCUT2D eigenvalue weighted by Crippen LogP contribution is 2.22. The van der Waals surface area contributed by atoms with Gasteiger partial charge < -0.3 is 5.11 Å². The number of hydrogen-bond donors (Lipinski definition) is 1. The van der Waals surface area contributed by atoms with Crippen LogP contribution in [-0.4, -0.2) is 17.4 Å². The second kappa shape index (κ2) is 3.61. The van der Waals surface area contributed by atoms with Gasteiger partial charge in [0.2, 0.25) is 0 Å². The summed E-state index contributed by atoms with van der Waals surface area (Å²) in [6.07, 6.45) is -5.52. The maximum atomic E-state index is 11.4. The molecule has 1 unspecified atom stereocenters. The van der Waals surface area contributed by atoms with Crippen LogP contribution in [0.1, 0.15) is 12.8 Å². The first-order valence-corrected chi connectivity index (χ1v) is 2.81. The van der Waals surface area contributed by atoms with Crippen molar-refractivity contribution in [2.45, 2.75) is 25.1 Å². The molecule has 0 radical (unpaired) electrons. The Kier molecular flexibility index (Phi) is 3.42. The molecule has 0 aromatic heterocycles.